The van der Waals surface area contributed by atoms with Gasteiger partial charge in [-0.05, 0) is 31.0 Å². The van der Waals surface area contributed by atoms with Crippen molar-refractivity contribution in [2.24, 2.45) is 10.7 Å². The van der Waals surface area contributed by atoms with Crippen molar-refractivity contribution in [3.63, 3.8) is 0 Å². The Kier molecular flexibility index (Phi) is 6.58. The van der Waals surface area contributed by atoms with Gasteiger partial charge in [-0.15, -0.1) is 11.8 Å². The van der Waals surface area contributed by atoms with Crippen LogP contribution in [0.2, 0.25) is 0 Å². The smallest absolute Gasteiger partial charge is 0.193 e. The number of nitrogens with one attached hydrogen (secondary N) is 1. The van der Waals surface area contributed by atoms with Gasteiger partial charge in [0.25, 0.3) is 0 Å². The van der Waals surface area contributed by atoms with E-state index in [0.717, 1.165) is 17.8 Å². The Morgan fingerprint density at radius 2 is 1.81 bits per heavy atom. The third-order valence-corrected chi connectivity index (χ3v) is 6.19. The molecule has 0 atom stereocenters. The maximum Gasteiger partial charge on any atom is 0.193 e. The van der Waals surface area contributed by atoms with Crippen LogP contribution in [0.5, 0.6) is 0 Å². The number of ether oxygens (including phenoxy) is 1. The fourth-order valence-electron chi connectivity index (χ4n) is 3.38. The highest BCUT2D eigenvalue weighted by Gasteiger charge is 2.34. The molecule has 1 aliphatic carbocycles. The van der Waals surface area contributed by atoms with Gasteiger partial charge in [-0.1, -0.05) is 49.2 Å². The molecule has 0 bridgehead atoms. The molecule has 0 amide bonds. The molecule has 138 valence electrons. The maximum atomic E-state index is 6.19. The fraction of sp³-hybridized carbons (Fsp3) is 0.381. The average molecular weight is 370 g/mol. The van der Waals surface area contributed by atoms with Crippen LogP contribution in [0.1, 0.15) is 31.2 Å². The van der Waals surface area contributed by atoms with E-state index in [1.165, 1.54) is 30.6 Å². The summed E-state index contributed by atoms with van der Waals surface area (Å²) in [6, 6.07) is 18.6. The molecule has 0 aromatic heterocycles. The second kappa shape index (κ2) is 9.10. The van der Waals surface area contributed by atoms with Gasteiger partial charge in [0.1, 0.15) is 0 Å². The summed E-state index contributed by atoms with van der Waals surface area (Å²) < 4.78 is 5.40. The summed E-state index contributed by atoms with van der Waals surface area (Å²) in [5.41, 5.74) is 8.21. The van der Waals surface area contributed by atoms with Crippen LogP contribution in [0, 0.1) is 0 Å². The summed E-state index contributed by atoms with van der Waals surface area (Å²) in [6.07, 6.45) is 4.89. The van der Waals surface area contributed by atoms with Gasteiger partial charge in [-0.3, -0.25) is 4.99 Å². The molecule has 0 radical (unpaired) electrons. The van der Waals surface area contributed by atoms with Gasteiger partial charge in [-0.2, -0.15) is 0 Å². The molecule has 4 nitrogen and oxygen atoms in total. The zero-order valence-corrected chi connectivity index (χ0v) is 16.1. The van der Waals surface area contributed by atoms with Crippen molar-refractivity contribution < 1.29 is 4.74 Å². The third-order valence-electron chi connectivity index (χ3n) is 4.71. The average Bonchev–Trinajstić information content (AvgIpc) is 3.11. The van der Waals surface area contributed by atoms with Crippen molar-refractivity contribution in [1.82, 2.24) is 0 Å². The van der Waals surface area contributed by atoms with E-state index in [9.17, 15) is 0 Å². The van der Waals surface area contributed by atoms with Crippen LogP contribution in [-0.4, -0.2) is 24.4 Å². The van der Waals surface area contributed by atoms with E-state index in [1.54, 1.807) is 7.11 Å². The first-order chi connectivity index (χ1) is 12.7. The summed E-state index contributed by atoms with van der Waals surface area (Å²) in [4.78, 5) is 6.00. The number of benzene rings is 2. The van der Waals surface area contributed by atoms with Crippen LogP contribution < -0.4 is 11.1 Å². The minimum atomic E-state index is 0.152. The highest BCUT2D eigenvalue weighted by atomic mass is 32.2. The van der Waals surface area contributed by atoms with Gasteiger partial charge in [-0.25, -0.2) is 0 Å². The zero-order chi connectivity index (χ0) is 18.2. The predicted molar refractivity (Wildman–Crippen MR) is 111 cm³/mol. The second-order valence-corrected chi connectivity index (χ2v) is 8.26. The Morgan fingerprint density at radius 1 is 1.12 bits per heavy atom. The first kappa shape index (κ1) is 18.8. The molecule has 1 fully saturated rings. The minimum absolute atomic E-state index is 0.152. The number of methoxy groups -OCH3 is 1. The number of guanidine groups is 1. The highest BCUT2D eigenvalue weighted by molar-refractivity contribution is 8.00. The Hall–Kier alpha value is -1.98. The van der Waals surface area contributed by atoms with Crippen molar-refractivity contribution in [3.8, 4) is 0 Å². The number of thioether (sulfide) groups is 1. The molecule has 0 unspecified atom stereocenters. The molecule has 5 heteroatoms. The normalized spacial score (nSPS) is 16.6. The lowest BCUT2D eigenvalue weighted by Crippen LogP contribution is -2.29. The molecule has 0 heterocycles. The number of rotatable bonds is 7. The number of anilines is 1. The summed E-state index contributed by atoms with van der Waals surface area (Å²) >= 11 is 1.95. The molecule has 0 aliphatic heterocycles. The Balaban J connectivity index is 1.68. The zero-order valence-electron chi connectivity index (χ0n) is 15.3. The number of hydrogen-bond acceptors (Lipinski definition) is 3. The number of nitrogens with two attached hydrogens (primary N) is 1. The number of nitrogens with zero attached hydrogens (tertiary/aromatic N) is 1. The van der Waals surface area contributed by atoms with E-state index in [2.05, 4.69) is 35.6 Å². The van der Waals surface area contributed by atoms with Crippen LogP contribution in [-0.2, 0) is 11.3 Å². The van der Waals surface area contributed by atoms with Crippen molar-refractivity contribution in [2.75, 3.05) is 19.0 Å². The van der Waals surface area contributed by atoms with Crippen molar-refractivity contribution >= 4 is 23.4 Å². The van der Waals surface area contributed by atoms with Crippen LogP contribution in [0.15, 0.2) is 64.5 Å². The first-order valence-corrected chi connectivity index (χ1v) is 9.90. The maximum absolute atomic E-state index is 6.19. The molecular weight excluding hydrogens is 342 g/mol. The highest BCUT2D eigenvalue weighted by Crippen LogP contribution is 2.45. The van der Waals surface area contributed by atoms with Crippen LogP contribution in [0.25, 0.3) is 0 Å². The summed E-state index contributed by atoms with van der Waals surface area (Å²) in [6.45, 7) is 1.28. The topological polar surface area (TPSA) is 59.6 Å². The molecule has 0 spiro atoms. The molecule has 3 N–H and O–H groups in total. The van der Waals surface area contributed by atoms with Gasteiger partial charge in [0.2, 0.25) is 0 Å². The summed E-state index contributed by atoms with van der Waals surface area (Å²) in [7, 11) is 1.69. The Morgan fingerprint density at radius 3 is 2.54 bits per heavy atom. The van der Waals surface area contributed by atoms with Crippen LogP contribution in [0.3, 0.4) is 0 Å². The second-order valence-electron chi connectivity index (χ2n) is 6.72. The summed E-state index contributed by atoms with van der Waals surface area (Å²) in [5.74, 6) is 0.466. The van der Waals surface area contributed by atoms with E-state index in [0.29, 0.717) is 12.6 Å². The third kappa shape index (κ3) is 5.02. The van der Waals surface area contributed by atoms with Crippen LogP contribution in [0.4, 0.5) is 5.69 Å². The first-order valence-electron chi connectivity index (χ1n) is 9.09. The Labute approximate surface area is 160 Å². The molecular formula is C21H27N3OS. The van der Waals surface area contributed by atoms with E-state index >= 15 is 0 Å². The largest absolute Gasteiger partial charge is 0.380 e. The van der Waals surface area contributed by atoms with Gasteiger partial charge < -0.3 is 15.8 Å². The van der Waals surface area contributed by atoms with E-state index < -0.39 is 0 Å². The number of para-hydroxylation sites is 1. The predicted octanol–water partition coefficient (Wildman–Crippen LogP) is 4.66. The van der Waals surface area contributed by atoms with Gasteiger partial charge in [0, 0.05) is 28.0 Å². The van der Waals surface area contributed by atoms with Gasteiger partial charge in [0.05, 0.1) is 13.2 Å². The monoisotopic (exact) mass is 369 g/mol. The molecule has 26 heavy (non-hydrogen) atoms. The minimum Gasteiger partial charge on any atom is -0.380 e. The fourth-order valence-corrected chi connectivity index (χ4v) is 4.80. The van der Waals surface area contributed by atoms with Gasteiger partial charge in [0.15, 0.2) is 5.96 Å². The lowest BCUT2D eigenvalue weighted by atomic mass is 10.1. The lowest BCUT2D eigenvalue weighted by Gasteiger charge is -2.26. The molecule has 2 aromatic rings. The van der Waals surface area contributed by atoms with Crippen molar-refractivity contribution in [3.05, 3.63) is 60.2 Å². The van der Waals surface area contributed by atoms with Crippen LogP contribution >= 0.6 is 11.8 Å². The van der Waals surface area contributed by atoms with E-state index in [4.69, 9.17) is 15.5 Å². The number of aliphatic imine (C=N–C) groups is 1. The quantitative estimate of drug-likeness (QED) is 0.550. The molecule has 0 saturated heterocycles. The Bertz CT molecular complexity index is 727. The number of hydrogen-bond donors (Lipinski definition) is 2. The molecule has 1 aliphatic rings. The lowest BCUT2D eigenvalue weighted by molar-refractivity contribution is 0.185. The molecule has 3 rings (SSSR count). The molecule has 2 aromatic carbocycles. The van der Waals surface area contributed by atoms with E-state index in [1.807, 2.05) is 36.0 Å². The van der Waals surface area contributed by atoms with Gasteiger partial charge >= 0.3 is 0 Å². The SMILES string of the molecule is COCc1ccccc1NC(N)=NCC1(Sc2ccccc2)CCCC1. The molecule has 1 saturated carbocycles. The van der Waals surface area contributed by atoms with Crippen molar-refractivity contribution in [2.45, 2.75) is 41.9 Å². The van der Waals surface area contributed by atoms with Crippen molar-refractivity contribution in [1.29, 1.82) is 0 Å². The standard InChI is InChI=1S/C21H27N3OS/c1-25-15-17-9-5-6-12-19(17)24-20(22)23-16-21(13-7-8-14-21)26-18-10-3-2-4-11-18/h2-6,9-12H,7-8,13-16H2,1H3,(H3,22,23,24). The van der Waals surface area contributed by atoms with E-state index in [-0.39, 0.29) is 4.75 Å². The summed E-state index contributed by atoms with van der Waals surface area (Å²) in [5, 5.41) is 3.24.